The van der Waals surface area contributed by atoms with Crippen LogP contribution in [0, 0.1) is 0 Å². The second-order valence-electron chi connectivity index (χ2n) is 2.01. The lowest BCUT2D eigenvalue weighted by Crippen LogP contribution is -2.41. The van der Waals surface area contributed by atoms with Crippen LogP contribution in [-0.2, 0) is 9.53 Å². The van der Waals surface area contributed by atoms with Gasteiger partial charge in [0.25, 0.3) is 5.91 Å². The Morgan fingerprint density at radius 3 is 2.58 bits per heavy atom. The number of alkyl halides is 1. The SMILES string of the molecule is CCC(NC(=O)OCCl)C([NH])=O. The van der Waals surface area contributed by atoms with Gasteiger partial charge in [0, 0.05) is 0 Å². The van der Waals surface area contributed by atoms with Gasteiger partial charge in [0.1, 0.15) is 6.04 Å². The average molecular weight is 194 g/mol. The maximum atomic E-state index is 10.7. The lowest BCUT2D eigenvalue weighted by atomic mass is 10.2. The summed E-state index contributed by atoms with van der Waals surface area (Å²) in [5, 5.41) is 2.18. The minimum Gasteiger partial charge on any atom is -0.433 e. The second kappa shape index (κ2) is 5.65. The molecule has 1 radical (unpaired) electrons. The van der Waals surface area contributed by atoms with Crippen LogP contribution in [0.15, 0.2) is 0 Å². The van der Waals surface area contributed by atoms with E-state index in [2.05, 4.69) is 10.1 Å². The maximum Gasteiger partial charge on any atom is 0.408 e. The van der Waals surface area contributed by atoms with E-state index >= 15 is 0 Å². The third-order valence-electron chi connectivity index (χ3n) is 1.20. The van der Waals surface area contributed by atoms with Crippen LogP contribution in [0.1, 0.15) is 13.3 Å². The van der Waals surface area contributed by atoms with E-state index in [-0.39, 0.29) is 6.07 Å². The van der Waals surface area contributed by atoms with Crippen molar-refractivity contribution in [1.29, 1.82) is 0 Å². The summed E-state index contributed by atoms with van der Waals surface area (Å²) in [7, 11) is 0. The number of alkyl carbamates (subject to hydrolysis) is 1. The largest absolute Gasteiger partial charge is 0.433 e. The van der Waals surface area contributed by atoms with Crippen LogP contribution in [0.25, 0.3) is 0 Å². The molecule has 2 N–H and O–H groups in total. The molecule has 0 fully saturated rings. The molecule has 0 heterocycles. The Balaban J connectivity index is 3.85. The minimum absolute atomic E-state index is 0.269. The molecule has 5 nitrogen and oxygen atoms in total. The van der Waals surface area contributed by atoms with Gasteiger partial charge in [0.15, 0.2) is 6.07 Å². The van der Waals surface area contributed by atoms with Crippen molar-refractivity contribution in [2.24, 2.45) is 0 Å². The van der Waals surface area contributed by atoms with Crippen LogP contribution in [0.5, 0.6) is 0 Å². The molecule has 6 heteroatoms. The molecular formula is C6H10ClN2O3. The highest BCUT2D eigenvalue weighted by atomic mass is 35.5. The fourth-order valence-corrected chi connectivity index (χ4v) is 0.686. The van der Waals surface area contributed by atoms with Crippen molar-refractivity contribution in [1.82, 2.24) is 11.1 Å². The van der Waals surface area contributed by atoms with E-state index in [4.69, 9.17) is 17.3 Å². The first-order valence-corrected chi connectivity index (χ1v) is 3.90. The van der Waals surface area contributed by atoms with Crippen molar-refractivity contribution in [3.63, 3.8) is 0 Å². The number of nitrogens with one attached hydrogen (secondary N) is 2. The van der Waals surface area contributed by atoms with Gasteiger partial charge in [0.05, 0.1) is 0 Å². The number of carbonyl (C=O) groups is 2. The van der Waals surface area contributed by atoms with Crippen LogP contribution in [-0.4, -0.2) is 24.1 Å². The number of rotatable bonds is 4. The zero-order valence-electron chi connectivity index (χ0n) is 6.59. The fourth-order valence-electron chi connectivity index (χ4n) is 0.586. The summed E-state index contributed by atoms with van der Waals surface area (Å²) in [5.41, 5.74) is 6.72. The number of carbonyl (C=O) groups excluding carboxylic acids is 2. The van der Waals surface area contributed by atoms with Crippen LogP contribution >= 0.6 is 11.6 Å². The molecule has 0 spiro atoms. The van der Waals surface area contributed by atoms with Crippen molar-refractivity contribution in [2.45, 2.75) is 19.4 Å². The first kappa shape index (κ1) is 11.0. The molecule has 0 saturated heterocycles. The molecule has 0 aromatic carbocycles. The van der Waals surface area contributed by atoms with Crippen molar-refractivity contribution >= 4 is 23.6 Å². The van der Waals surface area contributed by atoms with E-state index in [1.165, 1.54) is 0 Å². The first-order chi connectivity index (χ1) is 5.61. The summed E-state index contributed by atoms with van der Waals surface area (Å²) in [5.74, 6) is -0.843. The topological polar surface area (TPSA) is 79.2 Å². The van der Waals surface area contributed by atoms with Crippen molar-refractivity contribution in [2.75, 3.05) is 6.07 Å². The fraction of sp³-hybridized carbons (Fsp3) is 0.667. The molecular weight excluding hydrogens is 184 g/mol. The van der Waals surface area contributed by atoms with E-state index in [1.54, 1.807) is 6.92 Å². The third-order valence-corrected chi connectivity index (χ3v) is 1.31. The highest BCUT2D eigenvalue weighted by Crippen LogP contribution is 1.91. The summed E-state index contributed by atoms with van der Waals surface area (Å²) in [6.07, 6.45) is -0.419. The molecule has 1 atom stereocenters. The summed E-state index contributed by atoms with van der Waals surface area (Å²) in [6.45, 7) is 1.68. The monoisotopic (exact) mass is 193 g/mol. The molecule has 0 saturated carbocycles. The summed E-state index contributed by atoms with van der Waals surface area (Å²) < 4.78 is 4.30. The predicted octanol–water partition coefficient (Wildman–Crippen LogP) is 0.497. The number of hydrogen-bond acceptors (Lipinski definition) is 3. The van der Waals surface area contributed by atoms with Gasteiger partial charge in [-0.15, -0.1) is 0 Å². The van der Waals surface area contributed by atoms with Crippen LogP contribution in [0.3, 0.4) is 0 Å². The normalized spacial score (nSPS) is 11.8. The molecule has 1 unspecified atom stereocenters. The van der Waals surface area contributed by atoms with Gasteiger partial charge in [0.2, 0.25) is 0 Å². The van der Waals surface area contributed by atoms with E-state index in [1.807, 2.05) is 0 Å². The lowest BCUT2D eigenvalue weighted by molar-refractivity contribution is -0.120. The number of halogens is 1. The third kappa shape index (κ3) is 4.02. The maximum absolute atomic E-state index is 10.7. The Bertz CT molecular complexity index is 174. The van der Waals surface area contributed by atoms with Crippen LogP contribution in [0.4, 0.5) is 4.79 Å². The predicted molar refractivity (Wildman–Crippen MR) is 42.5 cm³/mol. The molecule has 0 aliphatic rings. The minimum atomic E-state index is -0.843. The molecule has 0 bridgehead atoms. The van der Waals surface area contributed by atoms with Gasteiger partial charge < -0.3 is 10.1 Å². The molecule has 2 amide bonds. The Kier molecular flexibility index (Phi) is 5.19. The Hall–Kier alpha value is -0.970. The van der Waals surface area contributed by atoms with Gasteiger partial charge in [-0.05, 0) is 6.42 Å². The van der Waals surface area contributed by atoms with Crippen LogP contribution < -0.4 is 11.1 Å². The quantitative estimate of drug-likeness (QED) is 0.661. The molecule has 69 valence electrons. The van der Waals surface area contributed by atoms with E-state index < -0.39 is 18.0 Å². The van der Waals surface area contributed by atoms with E-state index in [0.717, 1.165) is 0 Å². The van der Waals surface area contributed by atoms with Crippen molar-refractivity contribution in [3.05, 3.63) is 0 Å². The van der Waals surface area contributed by atoms with Gasteiger partial charge in [-0.2, -0.15) is 0 Å². The van der Waals surface area contributed by atoms with Crippen molar-refractivity contribution < 1.29 is 14.3 Å². The molecule has 0 aliphatic heterocycles. The number of hydrogen-bond donors (Lipinski definition) is 1. The van der Waals surface area contributed by atoms with Gasteiger partial charge >= 0.3 is 6.09 Å². The zero-order chi connectivity index (χ0) is 9.56. The smallest absolute Gasteiger partial charge is 0.408 e. The Morgan fingerprint density at radius 1 is 1.67 bits per heavy atom. The van der Waals surface area contributed by atoms with Gasteiger partial charge in [-0.1, -0.05) is 18.5 Å². The van der Waals surface area contributed by atoms with Crippen molar-refractivity contribution in [3.8, 4) is 0 Å². The van der Waals surface area contributed by atoms with E-state index in [0.29, 0.717) is 6.42 Å². The Morgan fingerprint density at radius 2 is 2.25 bits per heavy atom. The first-order valence-electron chi connectivity index (χ1n) is 3.36. The molecule has 0 rings (SSSR count). The Labute approximate surface area is 75.2 Å². The molecule has 0 aromatic heterocycles. The second-order valence-corrected chi connectivity index (χ2v) is 2.23. The summed E-state index contributed by atoms with van der Waals surface area (Å²) >= 11 is 5.09. The van der Waals surface area contributed by atoms with Gasteiger partial charge in [-0.25, -0.2) is 4.79 Å². The summed E-state index contributed by atoms with van der Waals surface area (Å²) in [4.78, 5) is 21.1. The highest BCUT2D eigenvalue weighted by molar-refractivity contribution is 6.17. The zero-order valence-corrected chi connectivity index (χ0v) is 7.35. The molecule has 0 aromatic rings. The molecule has 0 aliphatic carbocycles. The van der Waals surface area contributed by atoms with Crippen LogP contribution in [0.2, 0.25) is 0 Å². The average Bonchev–Trinajstić information content (AvgIpc) is 2.00. The standard InChI is InChI=1S/C6H10ClN2O3/c1-2-4(5(8)10)9-6(11)12-3-7/h4,8H,2-3H2,1H3,(H,9,11). The molecule has 12 heavy (non-hydrogen) atoms. The van der Waals surface area contributed by atoms with Gasteiger partial charge in [-0.3, -0.25) is 10.5 Å². The number of amides is 2. The highest BCUT2D eigenvalue weighted by Gasteiger charge is 2.16. The van der Waals surface area contributed by atoms with E-state index in [9.17, 15) is 9.59 Å². The number of ether oxygens (including phenoxy) is 1. The lowest BCUT2D eigenvalue weighted by Gasteiger charge is -2.11. The summed E-state index contributed by atoms with van der Waals surface area (Å²) in [6, 6.07) is -1.07.